The molecule has 0 amide bonds. The molecule has 0 aliphatic carbocycles. The lowest BCUT2D eigenvalue weighted by atomic mass is 9.95. The molecule has 94 valence electrons. The fraction of sp³-hybridized carbons (Fsp3) is 0.500. The van der Waals surface area contributed by atoms with Crippen LogP contribution >= 0.6 is 0 Å². The monoisotopic (exact) mass is 232 g/mol. The predicted molar refractivity (Wildman–Crippen MR) is 73.9 cm³/mol. The molecule has 0 spiro atoms. The highest BCUT2D eigenvalue weighted by atomic mass is 16.5. The normalized spacial score (nSPS) is 14.2. The average molecular weight is 232 g/mol. The van der Waals surface area contributed by atoms with Crippen molar-refractivity contribution in [1.29, 1.82) is 0 Å². The van der Waals surface area contributed by atoms with Gasteiger partial charge in [-0.15, -0.1) is 6.58 Å². The summed E-state index contributed by atoms with van der Waals surface area (Å²) in [7, 11) is 0. The molecule has 0 N–H and O–H groups in total. The van der Waals surface area contributed by atoms with Crippen molar-refractivity contribution in [2.45, 2.75) is 33.3 Å². The van der Waals surface area contributed by atoms with E-state index in [1.165, 1.54) is 12.0 Å². The van der Waals surface area contributed by atoms with Crippen molar-refractivity contribution in [1.82, 2.24) is 0 Å². The van der Waals surface area contributed by atoms with E-state index in [1.807, 2.05) is 24.3 Å². The van der Waals surface area contributed by atoms with Gasteiger partial charge in [0, 0.05) is 6.61 Å². The third-order valence-electron chi connectivity index (χ3n) is 2.89. The first-order valence-electron chi connectivity index (χ1n) is 6.45. The Morgan fingerprint density at radius 3 is 2.53 bits per heavy atom. The van der Waals surface area contributed by atoms with Crippen molar-refractivity contribution >= 4 is 0 Å². The van der Waals surface area contributed by atoms with Gasteiger partial charge in [0.1, 0.15) is 0 Å². The molecule has 0 bridgehead atoms. The van der Waals surface area contributed by atoms with Gasteiger partial charge in [-0.25, -0.2) is 0 Å². The second kappa shape index (κ2) is 8.08. The van der Waals surface area contributed by atoms with E-state index in [0.717, 1.165) is 19.6 Å². The van der Waals surface area contributed by atoms with E-state index in [-0.39, 0.29) is 0 Å². The fourth-order valence-corrected chi connectivity index (χ4v) is 2.09. The lowest BCUT2D eigenvalue weighted by Gasteiger charge is -2.16. The summed E-state index contributed by atoms with van der Waals surface area (Å²) < 4.78 is 5.73. The highest BCUT2D eigenvalue weighted by Crippen LogP contribution is 2.16. The first kappa shape index (κ1) is 14.0. The molecule has 1 rings (SSSR count). The van der Waals surface area contributed by atoms with Gasteiger partial charge in [0.25, 0.3) is 0 Å². The minimum Gasteiger partial charge on any atom is -0.376 e. The van der Waals surface area contributed by atoms with Crippen LogP contribution in [0.25, 0.3) is 0 Å². The van der Waals surface area contributed by atoms with Crippen LogP contribution < -0.4 is 0 Å². The third-order valence-corrected chi connectivity index (χ3v) is 2.89. The smallest absolute Gasteiger partial charge is 0.0717 e. The van der Waals surface area contributed by atoms with E-state index in [2.05, 4.69) is 32.6 Å². The van der Waals surface area contributed by atoms with E-state index < -0.39 is 0 Å². The molecular weight excluding hydrogens is 208 g/mol. The maximum atomic E-state index is 5.73. The summed E-state index contributed by atoms with van der Waals surface area (Å²) in [5.74, 6) is 1.33. The van der Waals surface area contributed by atoms with Crippen molar-refractivity contribution in [3.8, 4) is 0 Å². The fourth-order valence-electron chi connectivity index (χ4n) is 2.09. The van der Waals surface area contributed by atoms with Gasteiger partial charge in [0.15, 0.2) is 0 Å². The summed E-state index contributed by atoms with van der Waals surface area (Å²) >= 11 is 0. The Morgan fingerprint density at radius 2 is 1.88 bits per heavy atom. The molecule has 17 heavy (non-hydrogen) atoms. The van der Waals surface area contributed by atoms with Crippen LogP contribution in [-0.2, 0) is 11.3 Å². The average Bonchev–Trinajstić information content (AvgIpc) is 2.30. The molecule has 2 atom stereocenters. The minimum absolute atomic E-state index is 0.619. The van der Waals surface area contributed by atoms with Crippen LogP contribution in [0.2, 0.25) is 0 Å². The molecule has 0 saturated heterocycles. The number of allylic oxidation sites excluding steroid dienone is 1. The molecule has 0 aliphatic heterocycles. The Bertz CT molecular complexity index is 305. The topological polar surface area (TPSA) is 9.23 Å². The second-order valence-electron chi connectivity index (χ2n) is 4.97. The lowest BCUT2D eigenvalue weighted by molar-refractivity contribution is 0.0849. The first-order chi connectivity index (χ1) is 8.22. The summed E-state index contributed by atoms with van der Waals surface area (Å²) in [6.07, 6.45) is 4.31. The van der Waals surface area contributed by atoms with Crippen LogP contribution in [0.5, 0.6) is 0 Å². The Morgan fingerprint density at radius 1 is 1.18 bits per heavy atom. The molecular formula is C16H24O. The quantitative estimate of drug-likeness (QED) is 0.602. The van der Waals surface area contributed by atoms with Crippen molar-refractivity contribution in [3.05, 3.63) is 48.6 Å². The molecule has 1 aromatic rings. The maximum Gasteiger partial charge on any atom is 0.0717 e. The van der Waals surface area contributed by atoms with Crippen molar-refractivity contribution in [2.75, 3.05) is 6.61 Å². The van der Waals surface area contributed by atoms with E-state index in [4.69, 9.17) is 4.74 Å². The Hall–Kier alpha value is -1.08. The summed E-state index contributed by atoms with van der Waals surface area (Å²) in [5.41, 5.74) is 1.25. The van der Waals surface area contributed by atoms with Crippen LogP contribution in [0.4, 0.5) is 0 Å². The minimum atomic E-state index is 0.619. The molecule has 1 nitrogen and oxygen atoms in total. The number of hydrogen-bond donors (Lipinski definition) is 0. The van der Waals surface area contributed by atoms with Crippen LogP contribution in [-0.4, -0.2) is 6.61 Å². The third kappa shape index (κ3) is 6.28. The molecule has 1 aromatic carbocycles. The zero-order valence-electron chi connectivity index (χ0n) is 11.1. The first-order valence-corrected chi connectivity index (χ1v) is 6.45. The highest BCUT2D eigenvalue weighted by molar-refractivity contribution is 5.13. The molecule has 0 radical (unpaired) electrons. The van der Waals surface area contributed by atoms with Gasteiger partial charge in [-0.1, -0.05) is 50.3 Å². The Kier molecular flexibility index (Phi) is 6.64. The lowest BCUT2D eigenvalue weighted by Crippen LogP contribution is -2.09. The molecule has 0 aromatic heterocycles. The van der Waals surface area contributed by atoms with E-state index in [0.29, 0.717) is 11.8 Å². The molecule has 0 fully saturated rings. The van der Waals surface area contributed by atoms with Crippen molar-refractivity contribution in [2.24, 2.45) is 11.8 Å². The van der Waals surface area contributed by atoms with Gasteiger partial charge < -0.3 is 4.74 Å². The molecule has 0 saturated carbocycles. The number of ether oxygens (including phenoxy) is 1. The highest BCUT2D eigenvalue weighted by Gasteiger charge is 2.07. The van der Waals surface area contributed by atoms with Crippen LogP contribution in [0, 0.1) is 11.8 Å². The van der Waals surface area contributed by atoms with E-state index >= 15 is 0 Å². The number of hydrogen-bond acceptors (Lipinski definition) is 1. The van der Waals surface area contributed by atoms with Gasteiger partial charge in [-0.2, -0.15) is 0 Å². The molecule has 0 aliphatic rings. The summed E-state index contributed by atoms with van der Waals surface area (Å²) in [4.78, 5) is 0. The number of benzene rings is 1. The summed E-state index contributed by atoms with van der Waals surface area (Å²) in [6, 6.07) is 10.3. The summed E-state index contributed by atoms with van der Waals surface area (Å²) in [5, 5.41) is 0. The molecule has 1 heteroatoms. The van der Waals surface area contributed by atoms with Gasteiger partial charge in [0.05, 0.1) is 6.61 Å². The van der Waals surface area contributed by atoms with Gasteiger partial charge in [0.2, 0.25) is 0 Å². The van der Waals surface area contributed by atoms with Crippen molar-refractivity contribution < 1.29 is 4.74 Å². The zero-order chi connectivity index (χ0) is 12.5. The summed E-state index contributed by atoms with van der Waals surface area (Å²) in [6.45, 7) is 9.87. The Labute approximate surface area is 106 Å². The largest absolute Gasteiger partial charge is 0.376 e. The van der Waals surface area contributed by atoms with Crippen LogP contribution in [0.3, 0.4) is 0 Å². The SMILES string of the molecule is C=CCC(C)CC(C)COCc1ccccc1. The predicted octanol–water partition coefficient (Wildman–Crippen LogP) is 4.44. The maximum absolute atomic E-state index is 5.73. The van der Waals surface area contributed by atoms with Gasteiger partial charge in [-0.05, 0) is 30.2 Å². The standard InChI is InChI=1S/C16H24O/c1-4-8-14(2)11-15(3)12-17-13-16-9-6-5-7-10-16/h4-7,9-10,14-15H,1,8,11-13H2,2-3H3. The van der Waals surface area contributed by atoms with Gasteiger partial charge in [-0.3, -0.25) is 0 Å². The number of rotatable bonds is 8. The van der Waals surface area contributed by atoms with Crippen LogP contribution in [0.15, 0.2) is 43.0 Å². The van der Waals surface area contributed by atoms with Gasteiger partial charge >= 0.3 is 0 Å². The van der Waals surface area contributed by atoms with Crippen LogP contribution in [0.1, 0.15) is 32.3 Å². The van der Waals surface area contributed by atoms with Crippen molar-refractivity contribution in [3.63, 3.8) is 0 Å². The second-order valence-corrected chi connectivity index (χ2v) is 4.97. The van der Waals surface area contributed by atoms with E-state index in [9.17, 15) is 0 Å². The zero-order valence-corrected chi connectivity index (χ0v) is 11.1. The molecule has 2 unspecified atom stereocenters. The molecule has 0 heterocycles. The van der Waals surface area contributed by atoms with E-state index in [1.54, 1.807) is 0 Å². The Balaban J connectivity index is 2.16.